The Morgan fingerprint density at radius 1 is 0.900 bits per heavy atom. The van der Waals surface area contributed by atoms with Crippen molar-refractivity contribution in [1.29, 1.82) is 0 Å². The summed E-state index contributed by atoms with van der Waals surface area (Å²) in [4.78, 5) is 0. The van der Waals surface area contributed by atoms with Crippen LogP contribution in [0.4, 0.5) is 0 Å². The van der Waals surface area contributed by atoms with Gasteiger partial charge in [0.05, 0.1) is 0 Å². The second kappa shape index (κ2) is 4.08. The predicted molar refractivity (Wildman–Crippen MR) is 48.6 cm³/mol. The van der Waals surface area contributed by atoms with Crippen LogP contribution in [-0.2, 0) is 0 Å². The lowest BCUT2D eigenvalue weighted by atomic mass is 10.7. The van der Waals surface area contributed by atoms with Crippen LogP contribution in [0.5, 0.6) is 0 Å². The van der Waals surface area contributed by atoms with Crippen molar-refractivity contribution in [3.05, 3.63) is 0 Å². The molecular formula is C3H3Cl6N. The first kappa shape index (κ1) is 11.7. The molecule has 0 saturated heterocycles. The van der Waals surface area contributed by atoms with Crippen LogP contribution in [0, 0.1) is 0 Å². The zero-order chi connectivity index (χ0) is 8.41. The number of rotatable bonds is 1. The maximum Gasteiger partial charge on any atom is 0.245 e. The predicted octanol–water partition coefficient (Wildman–Crippen LogP) is 3.27. The van der Waals surface area contributed by atoms with E-state index in [1.807, 2.05) is 0 Å². The van der Waals surface area contributed by atoms with Crippen molar-refractivity contribution >= 4 is 69.6 Å². The topological polar surface area (TPSA) is 12.0 Å². The van der Waals surface area contributed by atoms with E-state index in [0.717, 1.165) is 0 Å². The third kappa shape index (κ3) is 9.70. The molecule has 0 rings (SSSR count). The standard InChI is InChI=1S/C3H3Cl6N/c4-2(5,6)1-10-3(7,8)9/h10H,1H2. The molecule has 0 radical (unpaired) electrons. The number of halogens is 6. The number of hydrogen-bond acceptors (Lipinski definition) is 1. The Bertz CT molecular complexity index is 86.5. The average Bonchev–Trinajstić information content (AvgIpc) is 1.57. The van der Waals surface area contributed by atoms with Gasteiger partial charge in [-0.3, -0.25) is 5.32 Å². The lowest BCUT2D eigenvalue weighted by molar-refractivity contribution is 0.721. The third-order valence-corrected chi connectivity index (χ3v) is 1.29. The van der Waals surface area contributed by atoms with Gasteiger partial charge in [-0.15, -0.1) is 0 Å². The van der Waals surface area contributed by atoms with E-state index in [0.29, 0.717) is 0 Å². The summed E-state index contributed by atoms with van der Waals surface area (Å²) in [6.45, 7) is -0.0197. The van der Waals surface area contributed by atoms with E-state index in [9.17, 15) is 0 Å². The molecule has 1 nitrogen and oxygen atoms in total. The van der Waals surface area contributed by atoms with Gasteiger partial charge in [0.2, 0.25) is 7.71 Å². The highest BCUT2D eigenvalue weighted by atomic mass is 35.6. The van der Waals surface area contributed by atoms with Crippen LogP contribution in [0.15, 0.2) is 0 Å². The van der Waals surface area contributed by atoms with Crippen LogP contribution in [0.3, 0.4) is 0 Å². The third-order valence-electron chi connectivity index (χ3n) is 0.489. The molecule has 0 spiro atoms. The van der Waals surface area contributed by atoms with E-state index in [-0.39, 0.29) is 6.54 Å². The zero-order valence-electron chi connectivity index (χ0n) is 4.47. The van der Waals surface area contributed by atoms with Gasteiger partial charge in [0.1, 0.15) is 0 Å². The number of nitrogens with one attached hydrogen (secondary N) is 1. The fourth-order valence-electron chi connectivity index (χ4n) is 0.200. The van der Waals surface area contributed by atoms with E-state index in [4.69, 9.17) is 69.6 Å². The van der Waals surface area contributed by atoms with Gasteiger partial charge in [-0.1, -0.05) is 69.6 Å². The summed E-state index contributed by atoms with van der Waals surface area (Å²) in [5.41, 5.74) is 0. The molecule has 0 aliphatic rings. The summed E-state index contributed by atoms with van der Waals surface area (Å²) in [5.74, 6) is 0. The fraction of sp³-hybridized carbons (Fsp3) is 1.00. The number of alkyl halides is 6. The zero-order valence-corrected chi connectivity index (χ0v) is 9.01. The first-order chi connectivity index (χ1) is 4.21. The first-order valence-corrected chi connectivity index (χ1v) is 4.36. The van der Waals surface area contributed by atoms with Crippen molar-refractivity contribution < 1.29 is 0 Å². The van der Waals surface area contributed by atoms with Crippen LogP contribution in [0.25, 0.3) is 0 Å². The second-order valence-corrected chi connectivity index (χ2v) is 6.26. The van der Waals surface area contributed by atoms with Crippen molar-refractivity contribution in [2.75, 3.05) is 6.54 Å². The minimum atomic E-state index is -1.58. The molecule has 0 aromatic heterocycles. The summed E-state index contributed by atoms with van der Waals surface area (Å²) in [5, 5.41) is 2.36. The van der Waals surface area contributed by atoms with Crippen molar-refractivity contribution in [2.24, 2.45) is 0 Å². The Hall–Kier alpha value is 1.70. The molecule has 0 heterocycles. The van der Waals surface area contributed by atoms with Crippen molar-refractivity contribution in [2.45, 2.75) is 7.71 Å². The Morgan fingerprint density at radius 3 is 1.40 bits per heavy atom. The molecule has 0 saturated carbocycles. The Morgan fingerprint density at radius 2 is 1.30 bits per heavy atom. The summed E-state index contributed by atoms with van der Waals surface area (Å²) < 4.78 is -3.02. The normalized spacial score (nSPS) is 13.8. The van der Waals surface area contributed by atoms with Crippen LogP contribution < -0.4 is 5.32 Å². The Kier molecular flexibility index (Phi) is 4.78. The monoisotopic (exact) mass is 263 g/mol. The van der Waals surface area contributed by atoms with Crippen molar-refractivity contribution in [3.8, 4) is 0 Å². The average molecular weight is 266 g/mol. The maximum atomic E-state index is 5.33. The van der Waals surface area contributed by atoms with Gasteiger partial charge in [0.25, 0.3) is 0 Å². The van der Waals surface area contributed by atoms with E-state index in [1.165, 1.54) is 0 Å². The van der Waals surface area contributed by atoms with Crippen LogP contribution in [0.2, 0.25) is 0 Å². The molecule has 1 N–H and O–H groups in total. The Labute approximate surface area is 88.8 Å². The lowest BCUT2D eigenvalue weighted by Crippen LogP contribution is -2.35. The summed E-state index contributed by atoms with van der Waals surface area (Å²) in [7, 11) is 0. The largest absolute Gasteiger partial charge is 0.269 e. The molecular weight excluding hydrogens is 263 g/mol. The van der Waals surface area contributed by atoms with Crippen LogP contribution in [-0.4, -0.2) is 14.3 Å². The molecule has 0 unspecified atom stereocenters. The molecule has 7 heteroatoms. The maximum absolute atomic E-state index is 5.33. The van der Waals surface area contributed by atoms with Gasteiger partial charge in [-0.2, -0.15) is 0 Å². The minimum absolute atomic E-state index is 0.0197. The van der Waals surface area contributed by atoms with E-state index >= 15 is 0 Å². The highest BCUT2D eigenvalue weighted by Crippen LogP contribution is 2.28. The molecule has 0 fully saturated rings. The highest BCUT2D eigenvalue weighted by Gasteiger charge is 2.26. The molecule has 0 aliphatic carbocycles. The van der Waals surface area contributed by atoms with Gasteiger partial charge < -0.3 is 0 Å². The van der Waals surface area contributed by atoms with Gasteiger partial charge in [0, 0.05) is 6.54 Å². The minimum Gasteiger partial charge on any atom is -0.269 e. The fourth-order valence-corrected chi connectivity index (χ4v) is 0.601. The van der Waals surface area contributed by atoms with Gasteiger partial charge >= 0.3 is 0 Å². The summed E-state index contributed by atoms with van der Waals surface area (Å²) >= 11 is 31.8. The molecule has 0 aromatic carbocycles. The molecule has 0 aliphatic heterocycles. The SMILES string of the molecule is ClC(Cl)(Cl)CNC(Cl)(Cl)Cl. The molecule has 0 bridgehead atoms. The lowest BCUT2D eigenvalue weighted by Gasteiger charge is -2.17. The second-order valence-electron chi connectivity index (χ2n) is 1.47. The Balaban J connectivity index is 3.56. The molecule has 0 aromatic rings. The highest BCUT2D eigenvalue weighted by molar-refractivity contribution is 6.69. The molecule has 62 valence electrons. The summed E-state index contributed by atoms with van der Waals surface area (Å²) in [6, 6.07) is 0. The van der Waals surface area contributed by atoms with Crippen LogP contribution >= 0.6 is 69.6 Å². The smallest absolute Gasteiger partial charge is 0.245 e. The quantitative estimate of drug-likeness (QED) is 0.567. The first-order valence-electron chi connectivity index (χ1n) is 2.09. The van der Waals surface area contributed by atoms with Crippen LogP contribution in [0.1, 0.15) is 0 Å². The summed E-state index contributed by atoms with van der Waals surface area (Å²) in [6.07, 6.45) is 0. The van der Waals surface area contributed by atoms with Gasteiger partial charge in [0.15, 0.2) is 0 Å². The number of hydrogen-bond donors (Lipinski definition) is 1. The molecule has 0 amide bonds. The van der Waals surface area contributed by atoms with Crippen molar-refractivity contribution in [3.63, 3.8) is 0 Å². The van der Waals surface area contributed by atoms with E-state index < -0.39 is 7.71 Å². The van der Waals surface area contributed by atoms with E-state index in [2.05, 4.69) is 5.32 Å². The van der Waals surface area contributed by atoms with Gasteiger partial charge in [-0.05, 0) is 0 Å². The van der Waals surface area contributed by atoms with Crippen molar-refractivity contribution in [1.82, 2.24) is 5.32 Å². The van der Waals surface area contributed by atoms with Gasteiger partial charge in [-0.25, -0.2) is 0 Å². The molecule has 0 atom stereocenters. The van der Waals surface area contributed by atoms with E-state index in [1.54, 1.807) is 0 Å². The molecule has 10 heavy (non-hydrogen) atoms.